The first-order valence-corrected chi connectivity index (χ1v) is 13.2. The lowest BCUT2D eigenvalue weighted by Gasteiger charge is -2.20. The molecule has 2 aliphatic heterocycles. The molecule has 10 atom stereocenters. The van der Waals surface area contributed by atoms with Crippen LogP contribution in [-0.2, 0) is 32.0 Å². The van der Waals surface area contributed by atoms with E-state index in [1.165, 1.54) is 12.5 Å². The van der Waals surface area contributed by atoms with Crippen molar-refractivity contribution < 1.29 is 67.3 Å². The first-order valence-electron chi connectivity index (χ1n) is 10.2. The summed E-state index contributed by atoms with van der Waals surface area (Å²) in [7, 11) is -10.6. The Balaban J connectivity index is 1.34. The minimum Gasteiger partial charge on any atom is -0.387 e. The summed E-state index contributed by atoms with van der Waals surface area (Å²) in [4.78, 5) is 30.2. The number of rotatable bonds is 9. The number of hydrogen-bond donors (Lipinski definition) is 9. The van der Waals surface area contributed by atoms with Gasteiger partial charge in [-0.3, -0.25) is 9.05 Å². The fourth-order valence-electron chi connectivity index (χ4n) is 3.72. The maximum atomic E-state index is 12.2. The van der Waals surface area contributed by atoms with Gasteiger partial charge in [0.1, 0.15) is 54.6 Å². The molecule has 2 aliphatic rings. The SMILES string of the molecule is Nc1ncnc2c([C@@H]3O[C@H](COP(=O)(O)OP(=O)(O)OC[C@H]4O[C@H](O)[C@H](O)[C@@H]4O)[C@@H](O)[C@H]3O)c[nH]c12. The monoisotopic (exact) mass is 558 g/mol. The molecule has 4 rings (SSSR count). The van der Waals surface area contributed by atoms with Gasteiger partial charge in [0.25, 0.3) is 0 Å². The van der Waals surface area contributed by atoms with Gasteiger partial charge < -0.3 is 55.5 Å². The maximum Gasteiger partial charge on any atom is 0.481 e. The van der Waals surface area contributed by atoms with Crippen molar-refractivity contribution in [1.29, 1.82) is 0 Å². The molecule has 0 aromatic carbocycles. The van der Waals surface area contributed by atoms with Gasteiger partial charge in [0.05, 0.1) is 18.7 Å². The van der Waals surface area contributed by atoms with Crippen LogP contribution in [0.5, 0.6) is 0 Å². The van der Waals surface area contributed by atoms with Gasteiger partial charge in [-0.2, -0.15) is 4.31 Å². The van der Waals surface area contributed by atoms with Gasteiger partial charge in [0, 0.05) is 11.8 Å². The molecule has 2 saturated heterocycles. The Morgan fingerprint density at radius 3 is 2.08 bits per heavy atom. The number of phosphoric acid groups is 2. The zero-order valence-corrected chi connectivity index (χ0v) is 19.8. The quantitative estimate of drug-likeness (QED) is 0.142. The van der Waals surface area contributed by atoms with Crippen molar-refractivity contribution in [3.05, 3.63) is 18.1 Å². The lowest BCUT2D eigenvalue weighted by Crippen LogP contribution is -2.34. The van der Waals surface area contributed by atoms with Crippen LogP contribution in [0, 0.1) is 0 Å². The first-order chi connectivity index (χ1) is 16.8. The summed E-state index contributed by atoms with van der Waals surface area (Å²) in [6, 6.07) is 0. The van der Waals surface area contributed by atoms with E-state index in [4.69, 9.17) is 15.2 Å². The zero-order valence-electron chi connectivity index (χ0n) is 18.0. The minimum atomic E-state index is -5.30. The fourth-order valence-corrected chi connectivity index (χ4v) is 5.81. The molecule has 0 radical (unpaired) electrons. The van der Waals surface area contributed by atoms with Crippen molar-refractivity contribution in [2.24, 2.45) is 0 Å². The van der Waals surface area contributed by atoms with Crippen molar-refractivity contribution in [3.63, 3.8) is 0 Å². The number of aliphatic hydroxyl groups is 5. The third-order valence-electron chi connectivity index (χ3n) is 5.54. The van der Waals surface area contributed by atoms with E-state index in [-0.39, 0.29) is 5.82 Å². The van der Waals surface area contributed by atoms with Crippen LogP contribution in [0.3, 0.4) is 0 Å². The number of fused-ring (bicyclic) bond motifs is 1. The van der Waals surface area contributed by atoms with Crippen LogP contribution < -0.4 is 5.73 Å². The second kappa shape index (κ2) is 10.3. The van der Waals surface area contributed by atoms with E-state index < -0.39 is 77.9 Å². The Hall–Kier alpha value is -1.60. The molecule has 10 N–H and O–H groups in total. The Morgan fingerprint density at radius 2 is 1.50 bits per heavy atom. The van der Waals surface area contributed by atoms with Crippen LogP contribution in [0.2, 0.25) is 0 Å². The summed E-state index contributed by atoms with van der Waals surface area (Å²) in [5, 5.41) is 49.1. The highest BCUT2D eigenvalue weighted by molar-refractivity contribution is 7.61. The highest BCUT2D eigenvalue weighted by Crippen LogP contribution is 2.60. The zero-order chi connectivity index (χ0) is 26.4. The largest absolute Gasteiger partial charge is 0.481 e. The average molecular weight is 558 g/mol. The van der Waals surface area contributed by atoms with E-state index in [0.717, 1.165) is 0 Å². The first kappa shape index (κ1) is 27.4. The number of nitrogens with zero attached hydrogens (tertiary/aromatic N) is 2. The molecular weight excluding hydrogens is 534 g/mol. The van der Waals surface area contributed by atoms with Crippen molar-refractivity contribution in [2.75, 3.05) is 18.9 Å². The number of aromatic nitrogens is 3. The number of hydrogen-bond acceptors (Lipinski definition) is 15. The molecule has 2 aromatic heterocycles. The summed E-state index contributed by atoms with van der Waals surface area (Å²) >= 11 is 0. The second-order valence-corrected chi connectivity index (χ2v) is 11.0. The third kappa shape index (κ3) is 5.62. The normalized spacial score (nSPS) is 36.2. The molecule has 202 valence electrons. The molecule has 0 amide bonds. The van der Waals surface area contributed by atoms with Gasteiger partial charge in [-0.25, -0.2) is 19.1 Å². The number of ether oxygens (including phenoxy) is 2. The summed E-state index contributed by atoms with van der Waals surface area (Å²) in [5.41, 5.74) is 6.75. The molecule has 20 heteroatoms. The van der Waals surface area contributed by atoms with E-state index in [0.29, 0.717) is 16.6 Å². The summed E-state index contributed by atoms with van der Waals surface area (Å²) in [6.45, 7) is -1.76. The highest BCUT2D eigenvalue weighted by atomic mass is 31.3. The van der Waals surface area contributed by atoms with Crippen LogP contribution in [0.1, 0.15) is 11.7 Å². The summed E-state index contributed by atoms with van der Waals surface area (Å²) in [5.74, 6) is 0.134. The third-order valence-corrected chi connectivity index (χ3v) is 8.14. The highest BCUT2D eigenvalue weighted by Gasteiger charge is 2.47. The van der Waals surface area contributed by atoms with Gasteiger partial charge in [0.15, 0.2) is 12.1 Å². The molecule has 2 fully saturated rings. The molecule has 4 heterocycles. The van der Waals surface area contributed by atoms with Gasteiger partial charge in [-0.15, -0.1) is 0 Å². The maximum absolute atomic E-state index is 12.2. The molecule has 2 unspecified atom stereocenters. The van der Waals surface area contributed by atoms with E-state index >= 15 is 0 Å². The summed E-state index contributed by atoms with van der Waals surface area (Å²) in [6.07, 6.45) is -9.59. The van der Waals surface area contributed by atoms with Crippen LogP contribution in [0.25, 0.3) is 11.0 Å². The molecule has 2 aromatic rings. The van der Waals surface area contributed by atoms with Crippen LogP contribution in [0.15, 0.2) is 12.5 Å². The predicted molar refractivity (Wildman–Crippen MR) is 113 cm³/mol. The molecular formula is C16H24N4O14P2. The van der Waals surface area contributed by atoms with Crippen LogP contribution in [-0.4, -0.2) is 106 Å². The number of H-pyrrole nitrogens is 1. The molecule has 36 heavy (non-hydrogen) atoms. The smallest absolute Gasteiger partial charge is 0.387 e. The molecule has 0 bridgehead atoms. The van der Waals surface area contributed by atoms with Gasteiger partial charge in [-0.05, 0) is 0 Å². The molecule has 18 nitrogen and oxygen atoms in total. The lowest BCUT2D eigenvalue weighted by molar-refractivity contribution is -0.132. The fraction of sp³-hybridized carbons (Fsp3) is 0.625. The molecule has 0 aliphatic carbocycles. The van der Waals surface area contributed by atoms with Crippen LogP contribution in [0.4, 0.5) is 5.82 Å². The molecule has 0 saturated carbocycles. The van der Waals surface area contributed by atoms with E-state index in [1.807, 2.05) is 0 Å². The number of aromatic amines is 1. The van der Waals surface area contributed by atoms with Crippen molar-refractivity contribution in [2.45, 2.75) is 49.0 Å². The van der Waals surface area contributed by atoms with Gasteiger partial charge in [0.2, 0.25) is 0 Å². The van der Waals surface area contributed by atoms with Crippen molar-refractivity contribution in [1.82, 2.24) is 15.0 Å². The van der Waals surface area contributed by atoms with Gasteiger partial charge in [-0.1, -0.05) is 0 Å². The Morgan fingerprint density at radius 1 is 0.917 bits per heavy atom. The predicted octanol–water partition coefficient (Wildman–Crippen LogP) is -2.61. The Kier molecular flexibility index (Phi) is 7.83. The lowest BCUT2D eigenvalue weighted by atomic mass is 10.0. The van der Waals surface area contributed by atoms with Crippen molar-refractivity contribution >= 4 is 32.5 Å². The minimum absolute atomic E-state index is 0.134. The van der Waals surface area contributed by atoms with Gasteiger partial charge >= 0.3 is 15.6 Å². The number of nitrogen functional groups attached to an aromatic ring is 1. The molecule has 0 spiro atoms. The Bertz CT molecular complexity index is 1180. The number of anilines is 1. The Labute approximate surface area is 201 Å². The number of nitrogens with one attached hydrogen (secondary N) is 1. The number of aliphatic hydroxyl groups excluding tert-OH is 5. The number of nitrogens with two attached hydrogens (primary N) is 1. The average Bonchev–Trinajstić information content (AvgIpc) is 3.42. The van der Waals surface area contributed by atoms with E-state index in [1.54, 1.807) is 0 Å². The summed E-state index contributed by atoms with van der Waals surface area (Å²) < 4.78 is 47.7. The number of phosphoric ester groups is 2. The van der Waals surface area contributed by atoms with Crippen LogP contribution >= 0.6 is 15.6 Å². The van der Waals surface area contributed by atoms with E-state index in [2.05, 4.69) is 28.3 Å². The van der Waals surface area contributed by atoms with E-state index in [9.17, 15) is 44.4 Å². The second-order valence-electron chi connectivity index (χ2n) is 7.96. The van der Waals surface area contributed by atoms with Crippen molar-refractivity contribution in [3.8, 4) is 0 Å². The standard InChI is InChI=1S/C16H24N4O14P2/c17-15-9-8(19-4-20-15)5(1-18-9)14-12(23)10(21)6(32-14)2-30-35(26,27)34-36(28,29)31-3-7-11(22)13(24)16(25)33-7/h1,4,6-7,10-14,16,18,21-25H,2-3H2,(H,26,27)(H,28,29)(H2,17,19,20)/t6-,7-,10-,11-,12-,13-,14+,16+/m1/s1. The topological polar surface area (TPSA) is 289 Å².